The van der Waals surface area contributed by atoms with Gasteiger partial charge in [-0.1, -0.05) is 20.8 Å². The summed E-state index contributed by atoms with van der Waals surface area (Å²) in [6.45, 7) is 22.3. The molecule has 0 N–H and O–H groups in total. The molecule has 0 aromatic heterocycles. The maximum absolute atomic E-state index is 2.84. The van der Waals surface area contributed by atoms with Crippen LogP contribution in [-0.2, 0) is 0 Å². The summed E-state index contributed by atoms with van der Waals surface area (Å²) in [4.78, 5) is 8.21. The molecule has 24 heavy (non-hydrogen) atoms. The fraction of sp³-hybridized carbons (Fsp3) is 1.00. The smallest absolute Gasteiger partial charge is 0.0335 e. The van der Waals surface area contributed by atoms with Gasteiger partial charge in [-0.25, -0.2) is 0 Å². The van der Waals surface area contributed by atoms with E-state index in [4.69, 9.17) is 0 Å². The molecule has 0 aromatic rings. The van der Waals surface area contributed by atoms with Crippen LogP contribution >= 0.6 is 0 Å². The van der Waals surface area contributed by atoms with Crippen molar-refractivity contribution in [2.75, 3.05) is 33.2 Å². The van der Waals surface area contributed by atoms with Crippen molar-refractivity contribution in [1.29, 1.82) is 0 Å². The van der Waals surface area contributed by atoms with Crippen molar-refractivity contribution >= 4 is 0 Å². The molecule has 3 heterocycles. The second kappa shape index (κ2) is 5.96. The summed E-state index contributed by atoms with van der Waals surface area (Å²) in [5, 5.41) is 0. The zero-order valence-electron chi connectivity index (χ0n) is 17.5. The Morgan fingerprint density at radius 2 is 1.33 bits per heavy atom. The molecular weight excluding hydrogens is 294 g/mol. The molecule has 2 unspecified atom stereocenters. The van der Waals surface area contributed by atoms with E-state index in [9.17, 15) is 0 Å². The topological polar surface area (TPSA) is 9.72 Å². The third-order valence-corrected chi connectivity index (χ3v) is 8.24. The first-order chi connectivity index (χ1) is 10.9. The van der Waals surface area contributed by atoms with Crippen LogP contribution in [0.25, 0.3) is 0 Å². The summed E-state index contributed by atoms with van der Waals surface area (Å²) in [5.41, 5.74) is 0.908. The van der Waals surface area contributed by atoms with E-state index >= 15 is 0 Å². The van der Waals surface area contributed by atoms with Gasteiger partial charge in [0.25, 0.3) is 0 Å². The van der Waals surface area contributed by atoms with Crippen LogP contribution in [0, 0.1) is 11.3 Å². The maximum atomic E-state index is 2.84. The monoisotopic (exact) mass is 335 g/mol. The lowest BCUT2D eigenvalue weighted by Crippen LogP contribution is -2.69. The van der Waals surface area contributed by atoms with Crippen LogP contribution in [-0.4, -0.2) is 71.1 Å². The highest BCUT2D eigenvalue weighted by Gasteiger charge is 2.53. The lowest BCUT2D eigenvalue weighted by molar-refractivity contribution is -0.0718. The van der Waals surface area contributed by atoms with E-state index in [-0.39, 0.29) is 11.1 Å². The first kappa shape index (κ1) is 18.7. The Labute approximate surface area is 150 Å². The van der Waals surface area contributed by atoms with E-state index < -0.39 is 0 Å². The molecule has 0 spiro atoms. The van der Waals surface area contributed by atoms with Gasteiger partial charge >= 0.3 is 0 Å². The number of hydrogen-bond acceptors (Lipinski definition) is 3. The quantitative estimate of drug-likeness (QED) is 0.779. The normalized spacial score (nSPS) is 32.0. The molecule has 2 bridgehead atoms. The highest BCUT2D eigenvalue weighted by molar-refractivity contribution is 5.11. The van der Waals surface area contributed by atoms with Gasteiger partial charge in [-0.3, -0.25) is 9.80 Å². The largest absolute Gasteiger partial charge is 0.301 e. The minimum absolute atomic E-state index is 0.221. The summed E-state index contributed by atoms with van der Waals surface area (Å²) < 4.78 is 0. The van der Waals surface area contributed by atoms with Crippen LogP contribution in [0.2, 0.25) is 0 Å². The SMILES string of the molecule is CN1CC2CC1CN2C(C)(C)C(C)(C)N1CCC(C(C)(C)C)CC1. The first-order valence-electron chi connectivity index (χ1n) is 10.2. The van der Waals surface area contributed by atoms with Crippen molar-refractivity contribution < 1.29 is 0 Å². The lowest BCUT2D eigenvalue weighted by Gasteiger charge is -2.57. The van der Waals surface area contributed by atoms with Crippen molar-refractivity contribution in [3.63, 3.8) is 0 Å². The average molecular weight is 336 g/mol. The zero-order chi connectivity index (χ0) is 17.9. The number of fused-ring (bicyclic) bond motifs is 2. The molecule has 3 aliphatic rings. The molecule has 0 amide bonds. The van der Waals surface area contributed by atoms with Gasteiger partial charge in [0, 0.05) is 36.3 Å². The summed E-state index contributed by atoms with van der Waals surface area (Å²) in [5.74, 6) is 0.879. The van der Waals surface area contributed by atoms with Crippen molar-refractivity contribution in [2.45, 2.75) is 90.9 Å². The van der Waals surface area contributed by atoms with Gasteiger partial charge < -0.3 is 4.90 Å². The molecule has 3 aliphatic heterocycles. The molecule has 140 valence electrons. The number of piperidine rings is 1. The Morgan fingerprint density at radius 1 is 0.750 bits per heavy atom. The Hall–Kier alpha value is -0.120. The minimum Gasteiger partial charge on any atom is -0.301 e. The Morgan fingerprint density at radius 3 is 1.75 bits per heavy atom. The van der Waals surface area contributed by atoms with Crippen molar-refractivity contribution in [1.82, 2.24) is 14.7 Å². The lowest BCUT2D eigenvalue weighted by atomic mass is 9.72. The Balaban J connectivity index is 1.69. The van der Waals surface area contributed by atoms with E-state index in [1.807, 2.05) is 0 Å². The first-order valence-corrected chi connectivity index (χ1v) is 10.2. The highest BCUT2D eigenvalue weighted by atomic mass is 15.4. The molecule has 0 saturated carbocycles. The van der Waals surface area contributed by atoms with E-state index in [2.05, 4.69) is 70.2 Å². The Kier molecular flexibility index (Phi) is 4.63. The van der Waals surface area contributed by atoms with Crippen molar-refractivity contribution in [3.05, 3.63) is 0 Å². The highest BCUT2D eigenvalue weighted by Crippen LogP contribution is 2.44. The zero-order valence-corrected chi connectivity index (χ0v) is 17.5. The summed E-state index contributed by atoms with van der Waals surface area (Å²) in [6.07, 6.45) is 4.09. The van der Waals surface area contributed by atoms with Crippen LogP contribution < -0.4 is 0 Å². The fourth-order valence-corrected chi connectivity index (χ4v) is 5.59. The van der Waals surface area contributed by atoms with Crippen molar-refractivity contribution in [2.24, 2.45) is 11.3 Å². The Bertz CT molecular complexity index is 452. The maximum Gasteiger partial charge on any atom is 0.0335 e. The van der Waals surface area contributed by atoms with Gasteiger partial charge in [0.1, 0.15) is 0 Å². The number of nitrogens with zero attached hydrogens (tertiary/aromatic N) is 3. The van der Waals surface area contributed by atoms with Gasteiger partial charge in [0.15, 0.2) is 0 Å². The molecule has 3 fully saturated rings. The van der Waals surface area contributed by atoms with Crippen LogP contribution in [0.5, 0.6) is 0 Å². The van der Waals surface area contributed by atoms with Gasteiger partial charge in [-0.15, -0.1) is 0 Å². The van der Waals surface area contributed by atoms with Crippen LogP contribution in [0.1, 0.15) is 67.7 Å². The molecule has 0 aliphatic carbocycles. The minimum atomic E-state index is 0.221. The number of piperazine rings is 1. The average Bonchev–Trinajstić information content (AvgIpc) is 3.05. The number of likely N-dealkylation sites (N-methyl/N-ethyl adjacent to an activating group) is 1. The van der Waals surface area contributed by atoms with Crippen LogP contribution in [0.15, 0.2) is 0 Å². The second-order valence-electron chi connectivity index (χ2n) is 10.9. The van der Waals surface area contributed by atoms with Gasteiger partial charge in [-0.05, 0) is 78.4 Å². The number of likely N-dealkylation sites (tertiary alicyclic amines) is 3. The van der Waals surface area contributed by atoms with E-state index in [1.54, 1.807) is 0 Å². The van der Waals surface area contributed by atoms with Crippen molar-refractivity contribution in [3.8, 4) is 0 Å². The van der Waals surface area contributed by atoms with Crippen LogP contribution in [0.3, 0.4) is 0 Å². The van der Waals surface area contributed by atoms with E-state index in [1.165, 1.54) is 45.4 Å². The molecule has 0 aromatic carbocycles. The molecule has 3 rings (SSSR count). The third kappa shape index (κ3) is 2.95. The standard InChI is InChI=1S/C21H41N3/c1-19(2,3)16-9-11-23(12-10-16)20(4,5)21(6,7)24-15-17-13-18(24)14-22(17)8/h16-18H,9-15H2,1-8H3. The third-order valence-electron chi connectivity index (χ3n) is 8.24. The molecule has 0 radical (unpaired) electrons. The summed E-state index contributed by atoms with van der Waals surface area (Å²) >= 11 is 0. The summed E-state index contributed by atoms with van der Waals surface area (Å²) in [7, 11) is 2.30. The second-order valence-corrected chi connectivity index (χ2v) is 10.9. The fourth-order valence-electron chi connectivity index (χ4n) is 5.59. The molecule has 3 nitrogen and oxygen atoms in total. The number of rotatable bonds is 3. The molecule has 3 saturated heterocycles. The van der Waals surface area contributed by atoms with Gasteiger partial charge in [0.05, 0.1) is 0 Å². The number of hydrogen-bond donors (Lipinski definition) is 0. The van der Waals surface area contributed by atoms with Gasteiger partial charge in [-0.2, -0.15) is 0 Å². The predicted octanol–water partition coefficient (Wildman–Crippen LogP) is 3.69. The van der Waals surface area contributed by atoms with E-state index in [0.717, 1.165) is 18.0 Å². The predicted molar refractivity (Wildman–Crippen MR) is 103 cm³/mol. The molecule has 3 heteroatoms. The van der Waals surface area contributed by atoms with E-state index in [0.29, 0.717) is 5.41 Å². The molecular formula is C21H41N3. The molecule has 2 atom stereocenters. The summed E-state index contributed by atoms with van der Waals surface area (Å²) in [6, 6.07) is 1.55. The van der Waals surface area contributed by atoms with Gasteiger partial charge in [0.2, 0.25) is 0 Å². The van der Waals surface area contributed by atoms with Crippen LogP contribution in [0.4, 0.5) is 0 Å².